The molecule has 22 nitrogen and oxygen atoms in total. The summed E-state index contributed by atoms with van der Waals surface area (Å²) in [6, 6.07) is 1.33. The van der Waals surface area contributed by atoms with E-state index in [0.29, 0.717) is 16.8 Å². The van der Waals surface area contributed by atoms with Crippen LogP contribution in [0.3, 0.4) is 0 Å². The number of aromatic nitrogens is 2. The number of aromatic hydroxyl groups is 2. The number of hydrogen-bond acceptors (Lipinski definition) is 14. The van der Waals surface area contributed by atoms with Crippen LogP contribution in [0.5, 0.6) is 11.5 Å². The number of nitrogens with one attached hydrogen (secondary N) is 7. The van der Waals surface area contributed by atoms with Gasteiger partial charge in [-0.25, -0.2) is 9.78 Å². The third-order valence-corrected chi connectivity index (χ3v) is 9.36. The van der Waals surface area contributed by atoms with Crippen molar-refractivity contribution in [2.75, 3.05) is 12.4 Å². The highest BCUT2D eigenvalue weighted by Crippen LogP contribution is 2.13. The van der Waals surface area contributed by atoms with E-state index in [-0.39, 0.29) is 36.5 Å². The number of phenols is 2. The van der Waals surface area contributed by atoms with Crippen molar-refractivity contribution in [1.29, 1.82) is 0 Å². The molecule has 23 heteroatoms. The molecular formula is C38H49N9O13S. The molecule has 7 atom stereocenters. The van der Waals surface area contributed by atoms with Crippen molar-refractivity contribution >= 4 is 60.0 Å². The first-order valence-corrected chi connectivity index (χ1v) is 19.3. The molecule has 0 radical (unpaired) electrons. The normalized spacial score (nSPS) is 14.4. The molecular weight excluding hydrogens is 823 g/mol. The summed E-state index contributed by atoms with van der Waals surface area (Å²) in [4.78, 5) is 110. The second kappa shape index (κ2) is 23.8. The van der Waals surface area contributed by atoms with E-state index in [1.807, 2.05) is 0 Å². The van der Waals surface area contributed by atoms with Crippen LogP contribution in [0.15, 0.2) is 61.1 Å². The average Bonchev–Trinajstić information content (AvgIpc) is 3.74. The number of carboxylic acid groups (broad SMARTS) is 2. The molecule has 3 aromatic rings. The average molecular weight is 872 g/mol. The molecule has 2 aromatic carbocycles. The molecule has 1 heterocycles. The minimum absolute atomic E-state index is 0.0120. The minimum atomic E-state index is -1.67. The summed E-state index contributed by atoms with van der Waals surface area (Å²) in [5.41, 5.74) is 7.55. The lowest BCUT2D eigenvalue weighted by atomic mass is 10.0. The first-order valence-electron chi connectivity index (χ1n) is 18.7. The fourth-order valence-corrected chi connectivity index (χ4v) is 5.82. The lowest BCUT2D eigenvalue weighted by Crippen LogP contribution is -2.60. The van der Waals surface area contributed by atoms with Gasteiger partial charge in [-0.05, 0) is 55.2 Å². The molecule has 1 aromatic heterocycles. The summed E-state index contributed by atoms with van der Waals surface area (Å²) in [6.07, 6.45) is 1.28. The van der Waals surface area contributed by atoms with Gasteiger partial charge in [0.1, 0.15) is 47.8 Å². The maximum Gasteiger partial charge on any atom is 0.327 e. The maximum atomic E-state index is 13.6. The van der Waals surface area contributed by atoms with Gasteiger partial charge in [0.05, 0.1) is 19.0 Å². The first kappa shape index (κ1) is 48.6. The van der Waals surface area contributed by atoms with Crippen LogP contribution in [-0.4, -0.2) is 138 Å². The molecule has 0 fully saturated rings. The summed E-state index contributed by atoms with van der Waals surface area (Å²) in [5.74, 6) is -8.88. The van der Waals surface area contributed by atoms with E-state index in [9.17, 15) is 63.9 Å². The standard InChI is InChI=1S/C38H49N9O13S/c1-19(32(53)43-26(10-11-31(51)52)34(55)45-27(13-21-4-8-24(50)9-5-21)35(56)47-30(17-61)38(59)60)42-37(58)29(16-48)46-36(57)28(14-22-15-40-18-41-22)44-33(54)25(39)12-20-2-6-23(49)7-3-20/h2-9,15,18-19,25-30,48-50,61H,10-14,16-17,39H2,1H3,(H,40,41)(H,42,58)(H,43,53)(H,44,54)(H,45,55)(H,46,57)(H,47,56)(H,51,52)(H,59,60)/t19-,25-,26-,27-,28-,29-,30-/m0/s1. The van der Waals surface area contributed by atoms with Gasteiger partial charge in [0.15, 0.2) is 0 Å². The maximum absolute atomic E-state index is 13.6. The van der Waals surface area contributed by atoms with Crippen molar-refractivity contribution in [2.45, 2.75) is 81.3 Å². The number of carbonyl (C=O) groups excluding carboxylic acids is 6. The number of amides is 6. The van der Waals surface area contributed by atoms with E-state index >= 15 is 0 Å². The molecule has 0 unspecified atom stereocenters. The van der Waals surface area contributed by atoms with Gasteiger partial charge < -0.3 is 68.2 Å². The van der Waals surface area contributed by atoms with E-state index in [2.05, 4.69) is 54.5 Å². The van der Waals surface area contributed by atoms with E-state index in [1.165, 1.54) is 55.8 Å². The Morgan fingerprint density at radius 2 is 1.13 bits per heavy atom. The largest absolute Gasteiger partial charge is 0.508 e. The summed E-state index contributed by atoms with van der Waals surface area (Å²) >= 11 is 3.93. The number of benzene rings is 2. The molecule has 0 aliphatic heterocycles. The van der Waals surface area contributed by atoms with Crippen LogP contribution >= 0.6 is 12.6 Å². The zero-order valence-corrected chi connectivity index (χ0v) is 33.6. The Hall–Kier alpha value is -6.72. The fourth-order valence-electron chi connectivity index (χ4n) is 5.57. The summed E-state index contributed by atoms with van der Waals surface area (Å²) in [5, 5.41) is 62.1. The number of thiol groups is 1. The molecule has 6 amide bonds. The van der Waals surface area contributed by atoms with Crippen molar-refractivity contribution in [3.8, 4) is 11.5 Å². The SMILES string of the molecule is C[C@H](NC(=O)[C@H](CO)NC(=O)[C@H](Cc1cnc[nH]1)NC(=O)[C@@H](N)Cc1ccc(O)cc1)C(=O)N[C@@H](CCC(=O)O)C(=O)N[C@@H](Cc1ccc(O)cc1)C(=O)N[C@@H](CS)C(=O)O. The van der Waals surface area contributed by atoms with Gasteiger partial charge in [-0.15, -0.1) is 0 Å². The Balaban J connectivity index is 1.71. The Kier molecular flexibility index (Phi) is 19.0. The zero-order chi connectivity index (χ0) is 45.2. The Morgan fingerprint density at radius 1 is 0.656 bits per heavy atom. The Labute approximate surface area is 353 Å². The number of hydrogen-bond donors (Lipinski definition) is 14. The summed E-state index contributed by atoms with van der Waals surface area (Å²) in [6.45, 7) is 0.220. The van der Waals surface area contributed by atoms with Gasteiger partial charge in [-0.3, -0.25) is 33.6 Å². The molecule has 0 aliphatic carbocycles. The second-order valence-corrected chi connectivity index (χ2v) is 14.2. The number of nitrogens with zero attached hydrogens (tertiary/aromatic N) is 1. The van der Waals surface area contributed by atoms with Crippen molar-refractivity contribution in [2.24, 2.45) is 5.73 Å². The molecule has 0 aliphatic rings. The van der Waals surface area contributed by atoms with E-state index < -0.39 is 109 Å². The fraction of sp³-hybridized carbons (Fsp3) is 0.395. The van der Waals surface area contributed by atoms with Gasteiger partial charge in [-0.1, -0.05) is 24.3 Å². The van der Waals surface area contributed by atoms with Crippen LogP contribution in [0.1, 0.15) is 36.6 Å². The highest BCUT2D eigenvalue weighted by Gasteiger charge is 2.33. The minimum Gasteiger partial charge on any atom is -0.508 e. The van der Waals surface area contributed by atoms with Gasteiger partial charge in [0, 0.05) is 36.9 Å². The number of aliphatic hydroxyl groups excluding tert-OH is 1. The molecule has 0 saturated carbocycles. The van der Waals surface area contributed by atoms with Crippen LogP contribution in [0.4, 0.5) is 0 Å². The Morgan fingerprint density at radius 3 is 1.64 bits per heavy atom. The smallest absolute Gasteiger partial charge is 0.327 e. The van der Waals surface area contributed by atoms with Crippen LogP contribution in [0.2, 0.25) is 0 Å². The van der Waals surface area contributed by atoms with Gasteiger partial charge in [0.2, 0.25) is 35.4 Å². The predicted octanol–water partition coefficient (Wildman–Crippen LogP) is -3.02. The van der Waals surface area contributed by atoms with E-state index in [4.69, 9.17) is 5.73 Å². The number of phenolic OH excluding ortho intramolecular Hbond substituents is 2. The molecule has 3 rings (SSSR count). The lowest BCUT2D eigenvalue weighted by Gasteiger charge is -2.26. The third-order valence-electron chi connectivity index (χ3n) is 8.99. The molecule has 0 spiro atoms. The summed E-state index contributed by atoms with van der Waals surface area (Å²) < 4.78 is 0. The lowest BCUT2D eigenvalue weighted by molar-refractivity contribution is -0.141. The number of aliphatic hydroxyl groups is 1. The second-order valence-electron chi connectivity index (χ2n) is 13.8. The number of aromatic amines is 1. The zero-order valence-electron chi connectivity index (χ0n) is 32.7. The van der Waals surface area contributed by atoms with Crippen LogP contribution in [0, 0.1) is 0 Å². The predicted molar refractivity (Wildman–Crippen MR) is 217 cm³/mol. The molecule has 330 valence electrons. The van der Waals surface area contributed by atoms with E-state index in [0.717, 1.165) is 0 Å². The number of H-pyrrole nitrogens is 1. The monoisotopic (exact) mass is 871 g/mol. The number of imidazole rings is 1. The highest BCUT2D eigenvalue weighted by molar-refractivity contribution is 7.80. The van der Waals surface area contributed by atoms with Crippen molar-refractivity contribution in [3.05, 3.63) is 77.9 Å². The number of aliphatic carboxylic acids is 2. The van der Waals surface area contributed by atoms with E-state index in [1.54, 1.807) is 12.1 Å². The topological polar surface area (TPSA) is 365 Å². The van der Waals surface area contributed by atoms with Crippen LogP contribution < -0.4 is 37.6 Å². The molecule has 14 N–H and O–H groups in total. The first-order chi connectivity index (χ1) is 28.9. The number of rotatable bonds is 24. The third kappa shape index (κ3) is 16.1. The Bertz CT molecular complexity index is 1990. The van der Waals surface area contributed by atoms with Gasteiger partial charge >= 0.3 is 11.9 Å². The molecule has 61 heavy (non-hydrogen) atoms. The van der Waals surface area contributed by atoms with Crippen molar-refractivity contribution in [1.82, 2.24) is 41.9 Å². The van der Waals surface area contributed by atoms with Gasteiger partial charge in [-0.2, -0.15) is 12.6 Å². The van der Waals surface area contributed by atoms with Crippen molar-refractivity contribution < 1.29 is 63.9 Å². The quantitative estimate of drug-likeness (QED) is 0.0399. The van der Waals surface area contributed by atoms with Gasteiger partial charge in [0.25, 0.3) is 0 Å². The highest BCUT2D eigenvalue weighted by atomic mass is 32.1. The molecule has 0 bridgehead atoms. The van der Waals surface area contributed by atoms with Crippen LogP contribution in [-0.2, 0) is 57.6 Å². The van der Waals surface area contributed by atoms with Crippen molar-refractivity contribution in [3.63, 3.8) is 0 Å². The number of carbonyl (C=O) groups is 8. The molecule has 0 saturated heterocycles. The van der Waals surface area contributed by atoms with Crippen LogP contribution in [0.25, 0.3) is 0 Å². The summed E-state index contributed by atoms with van der Waals surface area (Å²) in [7, 11) is 0. The number of nitrogens with two attached hydrogens (primary N) is 1. The number of carboxylic acids is 2.